The van der Waals surface area contributed by atoms with Gasteiger partial charge in [0.25, 0.3) is 0 Å². The summed E-state index contributed by atoms with van der Waals surface area (Å²) < 4.78 is 27.4. The molecule has 7 heteroatoms. The zero-order valence-corrected chi connectivity index (χ0v) is 11.9. The Morgan fingerprint density at radius 1 is 1.44 bits per heavy atom. The SMILES string of the molecule is CC(C)(C)OC(=O)N1CC(=O)C(CS(C)(=O)=O)C1. The Labute approximate surface area is 107 Å². The Kier molecular flexibility index (Phi) is 4.05. The molecular weight excluding hydrogens is 258 g/mol. The summed E-state index contributed by atoms with van der Waals surface area (Å²) in [5, 5.41) is 0. The van der Waals surface area contributed by atoms with E-state index in [1.807, 2.05) is 0 Å². The molecule has 1 rings (SSSR count). The van der Waals surface area contributed by atoms with Crippen LogP contribution in [0.4, 0.5) is 4.79 Å². The summed E-state index contributed by atoms with van der Waals surface area (Å²) in [6.07, 6.45) is 0.503. The number of likely N-dealkylation sites (tertiary alicyclic amines) is 1. The van der Waals surface area contributed by atoms with Gasteiger partial charge in [0.2, 0.25) is 0 Å². The standard InChI is InChI=1S/C11H19NO5S/c1-11(2,3)17-10(14)12-5-8(9(13)6-12)7-18(4,15)16/h8H,5-7H2,1-4H3. The van der Waals surface area contributed by atoms with E-state index in [4.69, 9.17) is 4.74 Å². The van der Waals surface area contributed by atoms with E-state index < -0.39 is 27.4 Å². The number of nitrogens with zero attached hydrogens (tertiary/aromatic N) is 1. The first-order chi connectivity index (χ1) is 7.98. The molecule has 0 aromatic heterocycles. The van der Waals surface area contributed by atoms with Gasteiger partial charge in [-0.15, -0.1) is 0 Å². The first-order valence-electron chi connectivity index (χ1n) is 5.66. The summed E-state index contributed by atoms with van der Waals surface area (Å²) in [6, 6.07) is 0. The molecule has 1 atom stereocenters. The van der Waals surface area contributed by atoms with Gasteiger partial charge in [0.1, 0.15) is 15.4 Å². The summed E-state index contributed by atoms with van der Waals surface area (Å²) in [5.74, 6) is -1.08. The highest BCUT2D eigenvalue weighted by Gasteiger charge is 2.37. The van der Waals surface area contributed by atoms with Crippen molar-refractivity contribution in [2.45, 2.75) is 26.4 Å². The van der Waals surface area contributed by atoms with Crippen molar-refractivity contribution >= 4 is 21.7 Å². The van der Waals surface area contributed by atoms with E-state index in [-0.39, 0.29) is 24.6 Å². The van der Waals surface area contributed by atoms with Crippen molar-refractivity contribution in [2.75, 3.05) is 25.1 Å². The van der Waals surface area contributed by atoms with Crippen LogP contribution in [0.15, 0.2) is 0 Å². The Balaban J connectivity index is 2.64. The molecule has 1 heterocycles. The highest BCUT2D eigenvalue weighted by Crippen LogP contribution is 2.18. The number of carbonyl (C=O) groups is 2. The maximum absolute atomic E-state index is 11.7. The molecule has 0 radical (unpaired) electrons. The minimum absolute atomic E-state index is 0.0743. The van der Waals surface area contributed by atoms with Crippen LogP contribution in [-0.4, -0.2) is 55.9 Å². The molecule has 0 aromatic rings. The molecule has 18 heavy (non-hydrogen) atoms. The molecule has 0 spiro atoms. The van der Waals surface area contributed by atoms with Crippen molar-refractivity contribution in [3.05, 3.63) is 0 Å². The number of sulfone groups is 1. The number of rotatable bonds is 2. The van der Waals surface area contributed by atoms with Crippen molar-refractivity contribution in [3.63, 3.8) is 0 Å². The van der Waals surface area contributed by atoms with Gasteiger partial charge in [-0.1, -0.05) is 0 Å². The minimum Gasteiger partial charge on any atom is -0.444 e. The lowest BCUT2D eigenvalue weighted by atomic mass is 10.1. The predicted octanol–water partition coefficient (Wildman–Crippen LogP) is 0.467. The first-order valence-corrected chi connectivity index (χ1v) is 7.72. The summed E-state index contributed by atoms with van der Waals surface area (Å²) in [4.78, 5) is 24.6. The van der Waals surface area contributed by atoms with Crippen molar-refractivity contribution in [1.82, 2.24) is 4.90 Å². The van der Waals surface area contributed by atoms with Crippen LogP contribution in [0.5, 0.6) is 0 Å². The lowest BCUT2D eigenvalue weighted by Gasteiger charge is -2.23. The molecule has 1 aliphatic heterocycles. The van der Waals surface area contributed by atoms with Crippen molar-refractivity contribution in [2.24, 2.45) is 5.92 Å². The van der Waals surface area contributed by atoms with Crippen LogP contribution in [0, 0.1) is 5.92 Å². The second-order valence-electron chi connectivity index (χ2n) is 5.62. The normalized spacial score (nSPS) is 21.2. The average Bonchev–Trinajstić information content (AvgIpc) is 2.42. The number of hydrogen-bond donors (Lipinski definition) is 0. The third-order valence-corrected chi connectivity index (χ3v) is 3.41. The van der Waals surface area contributed by atoms with E-state index in [1.54, 1.807) is 20.8 Å². The average molecular weight is 277 g/mol. The topological polar surface area (TPSA) is 80.8 Å². The lowest BCUT2D eigenvalue weighted by Crippen LogP contribution is -2.35. The molecule has 0 bridgehead atoms. The smallest absolute Gasteiger partial charge is 0.410 e. The molecular formula is C11H19NO5S. The highest BCUT2D eigenvalue weighted by molar-refractivity contribution is 7.90. The second-order valence-corrected chi connectivity index (χ2v) is 7.80. The Morgan fingerprint density at radius 3 is 2.44 bits per heavy atom. The van der Waals surface area contributed by atoms with Gasteiger partial charge in [0, 0.05) is 12.8 Å². The molecule has 0 N–H and O–H groups in total. The highest BCUT2D eigenvalue weighted by atomic mass is 32.2. The van der Waals surface area contributed by atoms with Gasteiger partial charge in [-0.25, -0.2) is 13.2 Å². The quantitative estimate of drug-likeness (QED) is 0.732. The maximum atomic E-state index is 11.7. The molecule has 0 saturated carbocycles. The minimum atomic E-state index is -3.22. The summed E-state index contributed by atoms with van der Waals surface area (Å²) in [6.45, 7) is 5.24. The van der Waals surface area contributed by atoms with Crippen LogP contribution in [-0.2, 0) is 19.4 Å². The molecule has 1 unspecified atom stereocenters. The zero-order valence-electron chi connectivity index (χ0n) is 11.1. The lowest BCUT2D eigenvalue weighted by molar-refractivity contribution is -0.119. The third kappa shape index (κ3) is 4.64. The predicted molar refractivity (Wildman–Crippen MR) is 66.0 cm³/mol. The van der Waals surface area contributed by atoms with E-state index >= 15 is 0 Å². The molecule has 0 aliphatic carbocycles. The molecule has 104 valence electrons. The van der Waals surface area contributed by atoms with E-state index in [0.717, 1.165) is 6.26 Å². The second kappa shape index (κ2) is 4.87. The van der Waals surface area contributed by atoms with Gasteiger partial charge in [-0.05, 0) is 20.8 Å². The number of carbonyl (C=O) groups excluding carboxylic acids is 2. The number of ether oxygens (including phenoxy) is 1. The van der Waals surface area contributed by atoms with Gasteiger partial charge in [0.15, 0.2) is 5.78 Å². The number of Topliss-reactive ketones (excluding diaryl/α,β-unsaturated/α-hetero) is 1. The molecule has 1 amide bonds. The largest absolute Gasteiger partial charge is 0.444 e. The molecule has 0 aromatic carbocycles. The van der Waals surface area contributed by atoms with E-state index in [2.05, 4.69) is 0 Å². The fourth-order valence-corrected chi connectivity index (χ4v) is 2.75. The van der Waals surface area contributed by atoms with Crippen LogP contribution in [0.3, 0.4) is 0 Å². The fraction of sp³-hybridized carbons (Fsp3) is 0.818. The van der Waals surface area contributed by atoms with Crippen LogP contribution in [0.1, 0.15) is 20.8 Å². The van der Waals surface area contributed by atoms with Crippen LogP contribution < -0.4 is 0 Å². The van der Waals surface area contributed by atoms with Crippen LogP contribution in [0.25, 0.3) is 0 Å². The Morgan fingerprint density at radius 2 is 2.00 bits per heavy atom. The fourth-order valence-electron chi connectivity index (χ4n) is 1.73. The molecule has 6 nitrogen and oxygen atoms in total. The number of hydrogen-bond acceptors (Lipinski definition) is 5. The summed E-state index contributed by atoms with van der Waals surface area (Å²) in [5.41, 5.74) is -0.630. The van der Waals surface area contributed by atoms with Crippen molar-refractivity contribution in [3.8, 4) is 0 Å². The molecule has 1 saturated heterocycles. The van der Waals surface area contributed by atoms with Crippen LogP contribution >= 0.6 is 0 Å². The van der Waals surface area contributed by atoms with Gasteiger partial charge in [-0.3, -0.25) is 4.79 Å². The van der Waals surface area contributed by atoms with Gasteiger partial charge in [0.05, 0.1) is 18.2 Å². The molecule has 1 fully saturated rings. The van der Waals surface area contributed by atoms with E-state index in [1.165, 1.54) is 4.90 Å². The zero-order chi connectivity index (χ0) is 14.1. The van der Waals surface area contributed by atoms with E-state index in [0.29, 0.717) is 0 Å². The van der Waals surface area contributed by atoms with Crippen LogP contribution in [0.2, 0.25) is 0 Å². The number of ketones is 1. The summed E-state index contributed by atoms with van der Waals surface area (Å²) in [7, 11) is -3.22. The number of amides is 1. The Hall–Kier alpha value is -1.11. The Bertz CT molecular complexity index is 449. The van der Waals surface area contributed by atoms with E-state index in [9.17, 15) is 18.0 Å². The van der Waals surface area contributed by atoms with Crippen molar-refractivity contribution < 1.29 is 22.7 Å². The first kappa shape index (κ1) is 14.9. The maximum Gasteiger partial charge on any atom is 0.410 e. The van der Waals surface area contributed by atoms with Crippen molar-refractivity contribution in [1.29, 1.82) is 0 Å². The summed E-state index contributed by atoms with van der Waals surface area (Å²) >= 11 is 0. The van der Waals surface area contributed by atoms with Gasteiger partial charge >= 0.3 is 6.09 Å². The monoisotopic (exact) mass is 277 g/mol. The van der Waals surface area contributed by atoms with Gasteiger partial charge in [-0.2, -0.15) is 0 Å². The van der Waals surface area contributed by atoms with Gasteiger partial charge < -0.3 is 9.64 Å². The molecule has 1 aliphatic rings. The third-order valence-electron chi connectivity index (χ3n) is 2.40.